The predicted octanol–water partition coefficient (Wildman–Crippen LogP) is 4.47. The number of carbonyl (C=O) groups is 1. The fraction of sp³-hybridized carbons (Fsp3) is 0.353. The van der Waals surface area contributed by atoms with Crippen molar-refractivity contribution < 1.29 is 13.9 Å². The van der Waals surface area contributed by atoms with Crippen LogP contribution >= 0.6 is 15.9 Å². The smallest absolute Gasteiger partial charge is 0.268 e. The second-order valence-electron chi connectivity index (χ2n) is 5.63. The summed E-state index contributed by atoms with van der Waals surface area (Å²) in [7, 11) is 1.52. The molecule has 0 aliphatic heterocycles. The highest BCUT2D eigenvalue weighted by Crippen LogP contribution is 2.26. The van der Waals surface area contributed by atoms with Crippen LogP contribution in [0.4, 0.5) is 4.39 Å². The van der Waals surface area contributed by atoms with Crippen LogP contribution in [-0.4, -0.2) is 17.6 Å². The summed E-state index contributed by atoms with van der Waals surface area (Å²) in [6.45, 7) is 5.80. The lowest BCUT2D eigenvalue weighted by molar-refractivity contribution is 0.0928. The molecule has 0 aliphatic rings. The van der Waals surface area contributed by atoms with Crippen LogP contribution in [0.2, 0.25) is 0 Å². The molecule has 0 bridgehead atoms. The van der Waals surface area contributed by atoms with Crippen LogP contribution in [0.25, 0.3) is 0 Å². The van der Waals surface area contributed by atoms with Crippen molar-refractivity contribution in [2.24, 2.45) is 0 Å². The number of methoxy groups -OCH3 is 1. The molecule has 0 aliphatic carbocycles. The zero-order valence-corrected chi connectivity index (χ0v) is 15.1. The van der Waals surface area contributed by atoms with Crippen LogP contribution in [0.1, 0.15) is 48.9 Å². The number of halogens is 2. The van der Waals surface area contributed by atoms with Crippen molar-refractivity contribution in [2.45, 2.75) is 32.9 Å². The third-order valence-corrected chi connectivity index (χ3v) is 4.04. The summed E-state index contributed by atoms with van der Waals surface area (Å²) in [5, 5.41) is 2.90. The van der Waals surface area contributed by atoms with E-state index < -0.39 is 0 Å². The van der Waals surface area contributed by atoms with Gasteiger partial charge in [-0.3, -0.25) is 4.79 Å². The van der Waals surface area contributed by atoms with Gasteiger partial charge in [0.05, 0.1) is 13.2 Å². The van der Waals surface area contributed by atoms with Gasteiger partial charge in [0.1, 0.15) is 17.3 Å². The van der Waals surface area contributed by atoms with E-state index in [0.29, 0.717) is 17.0 Å². The van der Waals surface area contributed by atoms with Gasteiger partial charge < -0.3 is 14.6 Å². The Kier molecular flexibility index (Phi) is 5.46. The highest BCUT2D eigenvalue weighted by Gasteiger charge is 2.19. The molecule has 124 valence electrons. The van der Waals surface area contributed by atoms with Gasteiger partial charge in [0.25, 0.3) is 5.91 Å². The number of benzene rings is 1. The Bertz CT molecular complexity index is 713. The maximum absolute atomic E-state index is 13.5. The lowest BCUT2D eigenvalue weighted by atomic mass is 10.1. The Morgan fingerprint density at radius 2 is 2.00 bits per heavy atom. The number of nitrogens with one attached hydrogen (secondary N) is 1. The van der Waals surface area contributed by atoms with Crippen molar-refractivity contribution >= 4 is 21.8 Å². The molecule has 0 radical (unpaired) electrons. The summed E-state index contributed by atoms with van der Waals surface area (Å²) >= 11 is 3.39. The first-order valence-corrected chi connectivity index (χ1v) is 8.14. The lowest BCUT2D eigenvalue weighted by Crippen LogP contribution is -2.29. The average Bonchev–Trinajstić information content (AvgIpc) is 2.89. The molecule has 1 atom stereocenters. The molecule has 6 heteroatoms. The number of rotatable bonds is 5. The first kappa shape index (κ1) is 17.5. The third-order valence-electron chi connectivity index (χ3n) is 3.61. The van der Waals surface area contributed by atoms with Gasteiger partial charge >= 0.3 is 0 Å². The van der Waals surface area contributed by atoms with Gasteiger partial charge in [-0.2, -0.15) is 0 Å². The van der Waals surface area contributed by atoms with Gasteiger partial charge in [0, 0.05) is 22.3 Å². The summed E-state index contributed by atoms with van der Waals surface area (Å²) in [4.78, 5) is 12.6. The zero-order valence-electron chi connectivity index (χ0n) is 13.6. The van der Waals surface area contributed by atoms with Gasteiger partial charge in [-0.25, -0.2) is 4.39 Å². The molecule has 4 nitrogen and oxygen atoms in total. The van der Waals surface area contributed by atoms with Crippen LogP contribution in [0.5, 0.6) is 5.75 Å². The SMILES string of the molecule is COc1ccc(F)cc1C(C)NC(=O)c1cc(Br)cn1C(C)C. The van der Waals surface area contributed by atoms with Gasteiger partial charge in [-0.1, -0.05) is 0 Å². The minimum absolute atomic E-state index is 0.154. The third kappa shape index (κ3) is 3.93. The molecule has 1 aromatic carbocycles. The maximum Gasteiger partial charge on any atom is 0.268 e. The van der Waals surface area contributed by atoms with Crippen molar-refractivity contribution in [3.8, 4) is 5.75 Å². The highest BCUT2D eigenvalue weighted by atomic mass is 79.9. The number of aromatic nitrogens is 1. The molecule has 1 heterocycles. The van der Waals surface area contributed by atoms with E-state index in [4.69, 9.17) is 4.74 Å². The molecule has 1 amide bonds. The van der Waals surface area contributed by atoms with Crippen LogP contribution in [0.3, 0.4) is 0 Å². The fourth-order valence-electron chi connectivity index (χ4n) is 2.45. The molecular weight excluding hydrogens is 363 g/mol. The molecule has 1 aromatic heterocycles. The first-order valence-electron chi connectivity index (χ1n) is 7.35. The lowest BCUT2D eigenvalue weighted by Gasteiger charge is -2.19. The summed E-state index contributed by atoms with van der Waals surface area (Å²) in [6, 6.07) is 5.80. The van der Waals surface area contributed by atoms with Gasteiger partial charge in [-0.15, -0.1) is 0 Å². The maximum atomic E-state index is 13.5. The number of ether oxygens (including phenoxy) is 1. The van der Waals surface area contributed by atoms with Gasteiger partial charge in [-0.05, 0) is 61.0 Å². The van der Waals surface area contributed by atoms with Crippen molar-refractivity contribution in [2.75, 3.05) is 7.11 Å². The normalized spacial score (nSPS) is 12.3. The Labute approximate surface area is 143 Å². The molecule has 2 rings (SSSR count). The number of carbonyl (C=O) groups excluding carboxylic acids is 1. The number of amides is 1. The highest BCUT2D eigenvalue weighted by molar-refractivity contribution is 9.10. The molecule has 2 aromatic rings. The van der Waals surface area contributed by atoms with E-state index in [2.05, 4.69) is 21.2 Å². The van der Waals surface area contributed by atoms with E-state index in [1.807, 2.05) is 24.6 Å². The summed E-state index contributed by atoms with van der Waals surface area (Å²) in [5.41, 5.74) is 1.15. The standard InChI is InChI=1S/C17H20BrFN2O2/c1-10(2)21-9-12(18)7-15(21)17(22)20-11(3)14-8-13(19)5-6-16(14)23-4/h5-11H,1-4H3,(H,20,22). The average molecular weight is 383 g/mol. The summed E-state index contributed by atoms with van der Waals surface area (Å²) < 4.78 is 21.5. The van der Waals surface area contributed by atoms with E-state index in [9.17, 15) is 9.18 Å². The van der Waals surface area contributed by atoms with Gasteiger partial charge in [0.2, 0.25) is 0 Å². The van der Waals surface area contributed by atoms with E-state index in [1.54, 1.807) is 19.1 Å². The zero-order chi connectivity index (χ0) is 17.1. The largest absolute Gasteiger partial charge is 0.496 e. The minimum Gasteiger partial charge on any atom is -0.496 e. The first-order chi connectivity index (χ1) is 10.8. The van der Waals surface area contributed by atoms with Crippen molar-refractivity contribution in [1.29, 1.82) is 0 Å². The minimum atomic E-state index is -0.387. The fourth-order valence-corrected chi connectivity index (χ4v) is 2.88. The van der Waals surface area contributed by atoms with E-state index >= 15 is 0 Å². The quantitative estimate of drug-likeness (QED) is 0.828. The molecular formula is C17H20BrFN2O2. The van der Waals surface area contributed by atoms with Crippen LogP contribution < -0.4 is 10.1 Å². The monoisotopic (exact) mass is 382 g/mol. The Morgan fingerprint density at radius 3 is 2.61 bits per heavy atom. The van der Waals surface area contributed by atoms with E-state index in [1.165, 1.54) is 19.2 Å². The number of nitrogens with zero attached hydrogens (tertiary/aromatic N) is 1. The Balaban J connectivity index is 2.25. The van der Waals surface area contributed by atoms with Crippen LogP contribution in [-0.2, 0) is 0 Å². The van der Waals surface area contributed by atoms with E-state index in [0.717, 1.165) is 4.47 Å². The van der Waals surface area contributed by atoms with E-state index in [-0.39, 0.29) is 23.8 Å². The second kappa shape index (κ2) is 7.17. The van der Waals surface area contributed by atoms with Crippen LogP contribution in [0.15, 0.2) is 34.9 Å². The predicted molar refractivity (Wildman–Crippen MR) is 91.4 cm³/mol. The summed E-state index contributed by atoms with van der Waals surface area (Å²) in [6.07, 6.45) is 1.87. The van der Waals surface area contributed by atoms with Crippen molar-refractivity contribution in [3.05, 3.63) is 52.0 Å². The Morgan fingerprint density at radius 1 is 1.30 bits per heavy atom. The van der Waals surface area contributed by atoms with Crippen molar-refractivity contribution in [1.82, 2.24) is 9.88 Å². The van der Waals surface area contributed by atoms with Gasteiger partial charge in [0.15, 0.2) is 0 Å². The Hall–Kier alpha value is -1.82. The summed E-state index contributed by atoms with van der Waals surface area (Å²) in [5.74, 6) is -0.0435. The molecule has 0 saturated carbocycles. The molecule has 23 heavy (non-hydrogen) atoms. The molecule has 1 unspecified atom stereocenters. The molecule has 0 spiro atoms. The second-order valence-corrected chi connectivity index (χ2v) is 6.54. The number of hydrogen-bond acceptors (Lipinski definition) is 2. The molecule has 1 N–H and O–H groups in total. The number of hydrogen-bond donors (Lipinski definition) is 1. The molecule has 0 saturated heterocycles. The van der Waals surface area contributed by atoms with Crippen molar-refractivity contribution in [3.63, 3.8) is 0 Å². The van der Waals surface area contributed by atoms with Crippen LogP contribution in [0, 0.1) is 5.82 Å². The molecule has 0 fully saturated rings. The topological polar surface area (TPSA) is 43.3 Å².